The average Bonchev–Trinajstić information content (AvgIpc) is 3.10. The highest BCUT2D eigenvalue weighted by atomic mass is 35.5. The number of β-amino-alcohol motifs (C(OH)–C–C–N with tert-alkyl or cyclic N) is 1. The lowest BCUT2D eigenvalue weighted by Gasteiger charge is -2.33. The van der Waals surface area contributed by atoms with E-state index in [1.54, 1.807) is 11.3 Å². The van der Waals surface area contributed by atoms with Crippen LogP contribution in [0, 0.1) is 0 Å². The largest absolute Gasteiger partial charge is 0.390 e. The van der Waals surface area contributed by atoms with Crippen LogP contribution in [0.5, 0.6) is 0 Å². The van der Waals surface area contributed by atoms with Gasteiger partial charge in [-0.2, -0.15) is 0 Å². The molecule has 6 heteroatoms. The molecule has 0 spiro atoms. The van der Waals surface area contributed by atoms with Gasteiger partial charge in [0, 0.05) is 53.7 Å². The van der Waals surface area contributed by atoms with Crippen molar-refractivity contribution < 1.29 is 9.84 Å². The highest BCUT2D eigenvalue weighted by Gasteiger charge is 2.36. The highest BCUT2D eigenvalue weighted by molar-refractivity contribution is 7.19. The van der Waals surface area contributed by atoms with E-state index in [-0.39, 0.29) is 12.1 Å². The van der Waals surface area contributed by atoms with Crippen LogP contribution in [-0.2, 0) is 11.3 Å². The fourth-order valence-electron chi connectivity index (χ4n) is 3.61. The van der Waals surface area contributed by atoms with Crippen LogP contribution in [0.15, 0.2) is 24.3 Å². The summed E-state index contributed by atoms with van der Waals surface area (Å²) in [5, 5.41) is 12.5. The number of ether oxygens (including phenoxy) is 1. The first-order chi connectivity index (χ1) is 11.2. The molecular weight excluding hydrogens is 332 g/mol. The third kappa shape index (κ3) is 3.14. The van der Waals surface area contributed by atoms with Gasteiger partial charge in [-0.05, 0) is 6.07 Å². The number of hydrogen-bond acceptors (Lipinski definition) is 5. The molecule has 1 N–H and O–H groups in total. The molecule has 2 aliphatic rings. The number of hydrogen-bond donors (Lipinski definition) is 1. The van der Waals surface area contributed by atoms with Crippen LogP contribution in [0.1, 0.15) is 4.88 Å². The Morgan fingerprint density at radius 3 is 2.78 bits per heavy atom. The molecule has 0 unspecified atom stereocenters. The number of rotatable bonds is 3. The summed E-state index contributed by atoms with van der Waals surface area (Å²) in [6.45, 7) is 5.80. The van der Waals surface area contributed by atoms with Crippen LogP contribution in [-0.4, -0.2) is 66.4 Å². The van der Waals surface area contributed by atoms with Crippen LogP contribution in [0.3, 0.4) is 0 Å². The lowest BCUT2D eigenvalue weighted by molar-refractivity contribution is -0.00617. The maximum atomic E-state index is 10.4. The first kappa shape index (κ1) is 15.8. The Morgan fingerprint density at radius 2 is 2.00 bits per heavy atom. The Labute approximate surface area is 145 Å². The summed E-state index contributed by atoms with van der Waals surface area (Å²) in [5.74, 6) is 0. The predicted octanol–water partition coefficient (Wildman–Crippen LogP) is 2.43. The Balaban J connectivity index is 1.47. The minimum atomic E-state index is -0.291. The lowest BCUT2D eigenvalue weighted by Crippen LogP contribution is -2.48. The van der Waals surface area contributed by atoms with Crippen LogP contribution in [0.4, 0.5) is 0 Å². The summed E-state index contributed by atoms with van der Waals surface area (Å²) in [6, 6.07) is 8.48. The first-order valence-electron chi connectivity index (χ1n) is 8.10. The van der Waals surface area contributed by atoms with Crippen LogP contribution in [0.25, 0.3) is 10.1 Å². The van der Waals surface area contributed by atoms with Crippen LogP contribution >= 0.6 is 22.9 Å². The summed E-state index contributed by atoms with van der Waals surface area (Å²) in [4.78, 5) is 5.88. The number of nitrogens with zero attached hydrogens (tertiary/aromatic N) is 2. The van der Waals surface area contributed by atoms with Gasteiger partial charge in [0.05, 0.1) is 24.3 Å². The third-order valence-electron chi connectivity index (χ3n) is 4.82. The average molecular weight is 353 g/mol. The number of thiophene rings is 1. The van der Waals surface area contributed by atoms with Crippen LogP contribution in [0.2, 0.25) is 5.02 Å². The van der Waals surface area contributed by atoms with Crippen molar-refractivity contribution in [3.8, 4) is 0 Å². The molecule has 1 aromatic heterocycles. The molecule has 23 heavy (non-hydrogen) atoms. The molecule has 0 bridgehead atoms. The van der Waals surface area contributed by atoms with Crippen molar-refractivity contribution >= 4 is 33.0 Å². The summed E-state index contributed by atoms with van der Waals surface area (Å²) in [6.07, 6.45) is -0.291. The molecule has 2 aromatic rings. The predicted molar refractivity (Wildman–Crippen MR) is 94.3 cm³/mol. The second-order valence-corrected chi connectivity index (χ2v) is 7.83. The van der Waals surface area contributed by atoms with Crippen molar-refractivity contribution in [3.05, 3.63) is 34.2 Å². The molecule has 2 aliphatic heterocycles. The van der Waals surface area contributed by atoms with Crippen molar-refractivity contribution in [1.82, 2.24) is 9.80 Å². The minimum Gasteiger partial charge on any atom is -0.390 e. The SMILES string of the molecule is O[C@@H]1CN(Cc2sc3ccccc3c2Cl)C[C@H]1N1CCOCC1. The molecule has 3 heterocycles. The van der Waals surface area contributed by atoms with E-state index in [0.29, 0.717) is 6.54 Å². The molecule has 1 aromatic carbocycles. The van der Waals surface area contributed by atoms with Crippen molar-refractivity contribution in [2.24, 2.45) is 0 Å². The number of morpholine rings is 1. The monoisotopic (exact) mass is 352 g/mol. The molecule has 0 radical (unpaired) electrons. The number of aliphatic hydroxyl groups excluding tert-OH is 1. The minimum absolute atomic E-state index is 0.215. The summed E-state index contributed by atoms with van der Waals surface area (Å²) >= 11 is 8.31. The Kier molecular flexibility index (Phi) is 4.58. The molecular formula is C17H21ClN2O2S. The topological polar surface area (TPSA) is 35.9 Å². The second kappa shape index (κ2) is 6.67. The summed E-state index contributed by atoms with van der Waals surface area (Å²) in [5.41, 5.74) is 0. The quantitative estimate of drug-likeness (QED) is 0.920. The molecule has 2 fully saturated rings. The van der Waals surface area contributed by atoms with Crippen LogP contribution < -0.4 is 0 Å². The maximum Gasteiger partial charge on any atom is 0.0834 e. The first-order valence-corrected chi connectivity index (χ1v) is 9.30. The van der Waals surface area contributed by atoms with Crippen molar-refractivity contribution in [2.45, 2.75) is 18.7 Å². The van der Waals surface area contributed by atoms with Gasteiger partial charge < -0.3 is 9.84 Å². The van der Waals surface area contributed by atoms with Gasteiger partial charge >= 0.3 is 0 Å². The summed E-state index contributed by atoms with van der Waals surface area (Å²) in [7, 11) is 0. The number of halogens is 1. The van der Waals surface area contributed by atoms with Crippen molar-refractivity contribution in [3.63, 3.8) is 0 Å². The van der Waals surface area contributed by atoms with Gasteiger partial charge in [0.1, 0.15) is 0 Å². The smallest absolute Gasteiger partial charge is 0.0834 e. The second-order valence-electron chi connectivity index (χ2n) is 6.31. The van der Waals surface area contributed by atoms with Gasteiger partial charge in [-0.3, -0.25) is 9.80 Å². The Morgan fingerprint density at radius 1 is 1.22 bits per heavy atom. The van der Waals surface area contributed by atoms with E-state index in [4.69, 9.17) is 16.3 Å². The zero-order valence-corrected chi connectivity index (χ0v) is 14.5. The summed E-state index contributed by atoms with van der Waals surface area (Å²) < 4.78 is 6.65. The molecule has 2 atom stereocenters. The van der Waals surface area contributed by atoms with Crippen molar-refractivity contribution in [1.29, 1.82) is 0 Å². The fourth-order valence-corrected chi connectivity index (χ4v) is 5.15. The standard InChI is InChI=1S/C17H21ClN2O2S/c18-17-12-3-1-2-4-15(12)23-16(17)11-19-9-13(14(21)10-19)20-5-7-22-8-6-20/h1-4,13-14,21H,5-11H2/t13-,14-/m1/s1. The number of fused-ring (bicyclic) bond motifs is 1. The lowest BCUT2D eigenvalue weighted by atomic mass is 10.2. The highest BCUT2D eigenvalue weighted by Crippen LogP contribution is 2.36. The molecule has 4 nitrogen and oxygen atoms in total. The molecule has 2 saturated heterocycles. The molecule has 0 aliphatic carbocycles. The normalized spacial score (nSPS) is 27.0. The van der Waals surface area contributed by atoms with E-state index in [1.165, 1.54) is 9.58 Å². The van der Waals surface area contributed by atoms with Gasteiger partial charge in [-0.15, -0.1) is 11.3 Å². The van der Waals surface area contributed by atoms with E-state index in [9.17, 15) is 5.11 Å². The van der Waals surface area contributed by atoms with E-state index in [2.05, 4.69) is 21.9 Å². The van der Waals surface area contributed by atoms with E-state index in [0.717, 1.165) is 49.8 Å². The molecule has 4 rings (SSSR count). The van der Waals surface area contributed by atoms with Gasteiger partial charge in [-0.1, -0.05) is 29.8 Å². The zero-order valence-electron chi connectivity index (χ0n) is 12.9. The van der Waals surface area contributed by atoms with Gasteiger partial charge in [0.25, 0.3) is 0 Å². The third-order valence-corrected chi connectivity index (χ3v) is 6.52. The van der Waals surface area contributed by atoms with E-state index >= 15 is 0 Å². The molecule has 0 saturated carbocycles. The molecule has 124 valence electrons. The van der Waals surface area contributed by atoms with Crippen molar-refractivity contribution in [2.75, 3.05) is 39.4 Å². The Hall–Kier alpha value is -0.690. The maximum absolute atomic E-state index is 10.4. The van der Waals surface area contributed by atoms with E-state index < -0.39 is 0 Å². The van der Waals surface area contributed by atoms with Gasteiger partial charge in [-0.25, -0.2) is 0 Å². The van der Waals surface area contributed by atoms with E-state index in [1.807, 2.05) is 12.1 Å². The fraction of sp³-hybridized carbons (Fsp3) is 0.529. The zero-order chi connectivity index (χ0) is 15.8. The number of aliphatic hydroxyl groups is 1. The number of likely N-dealkylation sites (tertiary alicyclic amines) is 1. The number of benzene rings is 1. The Bertz CT molecular complexity index is 686. The molecule has 0 amide bonds. The van der Waals surface area contributed by atoms with Gasteiger partial charge in [0.15, 0.2) is 0 Å². The van der Waals surface area contributed by atoms with Gasteiger partial charge in [0.2, 0.25) is 0 Å².